The van der Waals surface area contributed by atoms with Crippen molar-refractivity contribution < 1.29 is 29.0 Å². The summed E-state index contributed by atoms with van der Waals surface area (Å²) < 4.78 is 6.99. The zero-order valence-electron chi connectivity index (χ0n) is 19.2. The first-order chi connectivity index (χ1) is 15.3. The number of unbranched alkanes of at least 4 members (excludes halogenated alkanes) is 5. The van der Waals surface area contributed by atoms with Gasteiger partial charge >= 0.3 is 11.9 Å². The van der Waals surface area contributed by atoms with Crippen molar-refractivity contribution in [2.45, 2.75) is 83.7 Å². The van der Waals surface area contributed by atoms with Gasteiger partial charge in [-0.15, -0.1) is 0 Å². The van der Waals surface area contributed by atoms with Crippen LogP contribution in [0.3, 0.4) is 0 Å². The zero-order valence-corrected chi connectivity index (χ0v) is 19.2. The van der Waals surface area contributed by atoms with Gasteiger partial charge in [-0.1, -0.05) is 19.3 Å². The highest BCUT2D eigenvalue weighted by molar-refractivity contribution is 5.87. The van der Waals surface area contributed by atoms with E-state index in [9.17, 15) is 19.2 Å². The maximum atomic E-state index is 11.9. The van der Waals surface area contributed by atoms with Gasteiger partial charge in [0, 0.05) is 31.8 Å². The van der Waals surface area contributed by atoms with Gasteiger partial charge in [0.25, 0.3) is 0 Å². The Morgan fingerprint density at radius 3 is 2.47 bits per heavy atom. The van der Waals surface area contributed by atoms with Crippen molar-refractivity contribution in [2.75, 3.05) is 13.7 Å². The first-order valence-electron chi connectivity index (χ1n) is 11.3. The fourth-order valence-electron chi connectivity index (χ4n) is 3.48. The Morgan fingerprint density at radius 2 is 1.78 bits per heavy atom. The molecule has 32 heavy (non-hydrogen) atoms. The van der Waals surface area contributed by atoms with Crippen molar-refractivity contribution in [3.8, 4) is 0 Å². The van der Waals surface area contributed by atoms with Gasteiger partial charge in [-0.3, -0.25) is 14.4 Å². The third kappa shape index (κ3) is 12.1. The molecule has 1 heterocycles. The summed E-state index contributed by atoms with van der Waals surface area (Å²) in [6.07, 6.45) is 10.2. The Kier molecular flexibility index (Phi) is 13.5. The number of ether oxygens (including phenoxy) is 1. The van der Waals surface area contributed by atoms with Crippen LogP contribution >= 0.6 is 0 Å². The second kappa shape index (κ2) is 15.9. The number of aryl methyl sites for hydroxylation is 2. The minimum absolute atomic E-state index is 0.172. The van der Waals surface area contributed by atoms with Crippen LogP contribution in [0.25, 0.3) is 0 Å². The molecule has 1 aromatic heterocycles. The molecule has 1 unspecified atom stereocenters. The molecule has 0 aliphatic heterocycles. The molecule has 0 fully saturated rings. The van der Waals surface area contributed by atoms with Crippen molar-refractivity contribution >= 4 is 23.8 Å². The first-order valence-corrected chi connectivity index (χ1v) is 11.3. The Labute approximate surface area is 189 Å². The molecule has 0 radical (unpaired) electrons. The fraction of sp³-hybridized carbons (Fsp3) is 0.652. The largest absolute Gasteiger partial charge is 0.481 e. The minimum atomic E-state index is -0.730. The molecule has 1 aromatic rings. The van der Waals surface area contributed by atoms with Gasteiger partial charge < -0.3 is 25.0 Å². The van der Waals surface area contributed by atoms with Gasteiger partial charge in [0.15, 0.2) is 0 Å². The fourth-order valence-corrected chi connectivity index (χ4v) is 3.48. The summed E-state index contributed by atoms with van der Waals surface area (Å²) >= 11 is 0. The molecular formula is C23H37N3O6. The SMILES string of the molecule is COC(=O)C(CCCCn1cccc1CCCCCCCC(=O)O)NC(=O)CNC(C)=O. The van der Waals surface area contributed by atoms with Crippen LogP contribution in [0.5, 0.6) is 0 Å². The van der Waals surface area contributed by atoms with Crippen molar-refractivity contribution in [1.82, 2.24) is 15.2 Å². The molecule has 0 saturated carbocycles. The average molecular weight is 452 g/mol. The molecule has 180 valence electrons. The van der Waals surface area contributed by atoms with Gasteiger partial charge in [0.1, 0.15) is 6.04 Å². The predicted octanol–water partition coefficient (Wildman–Crippen LogP) is 2.42. The number of methoxy groups -OCH3 is 1. The number of esters is 1. The lowest BCUT2D eigenvalue weighted by Gasteiger charge is -2.17. The number of aromatic nitrogens is 1. The van der Waals surface area contributed by atoms with Crippen LogP contribution in [-0.2, 0) is 36.9 Å². The molecule has 1 atom stereocenters. The summed E-state index contributed by atoms with van der Waals surface area (Å²) in [5.74, 6) is -1.96. The summed E-state index contributed by atoms with van der Waals surface area (Å²) in [4.78, 5) is 45.3. The van der Waals surface area contributed by atoms with Crippen LogP contribution in [0.1, 0.15) is 70.4 Å². The number of hydrogen-bond donors (Lipinski definition) is 3. The van der Waals surface area contributed by atoms with E-state index >= 15 is 0 Å². The number of aliphatic carboxylic acids is 1. The van der Waals surface area contributed by atoms with E-state index in [1.807, 2.05) is 6.07 Å². The number of carbonyl (C=O) groups excluding carboxylic acids is 3. The lowest BCUT2D eigenvalue weighted by molar-refractivity contribution is -0.145. The van der Waals surface area contributed by atoms with E-state index in [1.54, 1.807) is 0 Å². The van der Waals surface area contributed by atoms with Crippen molar-refractivity contribution in [3.05, 3.63) is 24.0 Å². The van der Waals surface area contributed by atoms with Gasteiger partial charge in [-0.05, 0) is 50.7 Å². The number of carboxylic acid groups (broad SMARTS) is 1. The molecule has 3 N–H and O–H groups in total. The molecule has 0 bridgehead atoms. The third-order valence-corrected chi connectivity index (χ3v) is 5.21. The first kappa shape index (κ1) is 27.2. The monoisotopic (exact) mass is 451 g/mol. The zero-order chi connectivity index (χ0) is 23.8. The standard InChI is InChI=1S/C23H37N3O6/c1-18(27)24-17-21(28)25-20(23(31)32-2)13-8-9-15-26-16-10-12-19(26)11-6-4-3-5-7-14-22(29)30/h10,12,16,20H,3-9,11,13-15,17H2,1-2H3,(H,24,27)(H,25,28)(H,29,30). The molecule has 0 aromatic carbocycles. The van der Waals surface area contributed by atoms with Crippen LogP contribution in [0.4, 0.5) is 0 Å². The van der Waals surface area contributed by atoms with Crippen LogP contribution < -0.4 is 10.6 Å². The Bertz CT molecular complexity index is 731. The van der Waals surface area contributed by atoms with Gasteiger partial charge in [-0.2, -0.15) is 0 Å². The molecule has 0 saturated heterocycles. The number of nitrogens with zero attached hydrogens (tertiary/aromatic N) is 1. The number of carbonyl (C=O) groups is 4. The maximum absolute atomic E-state index is 11.9. The normalized spacial score (nSPS) is 11.6. The molecule has 1 rings (SSSR count). The number of nitrogens with one attached hydrogen (secondary N) is 2. The van der Waals surface area contributed by atoms with E-state index in [4.69, 9.17) is 9.84 Å². The summed E-state index contributed by atoms with van der Waals surface area (Å²) in [5, 5.41) is 13.7. The van der Waals surface area contributed by atoms with Gasteiger partial charge in [-0.25, -0.2) is 4.79 Å². The molecule has 9 nitrogen and oxygen atoms in total. The summed E-state index contributed by atoms with van der Waals surface area (Å²) in [7, 11) is 1.29. The Morgan fingerprint density at radius 1 is 1.06 bits per heavy atom. The van der Waals surface area contributed by atoms with Crippen LogP contribution in [0, 0.1) is 0 Å². The van der Waals surface area contributed by atoms with Gasteiger partial charge in [0.2, 0.25) is 11.8 Å². The molecule has 2 amide bonds. The average Bonchev–Trinajstić information content (AvgIpc) is 3.20. The highest BCUT2D eigenvalue weighted by Crippen LogP contribution is 2.13. The highest BCUT2D eigenvalue weighted by Gasteiger charge is 2.21. The van der Waals surface area contributed by atoms with Crippen molar-refractivity contribution in [2.24, 2.45) is 0 Å². The molecule has 9 heteroatoms. The van der Waals surface area contributed by atoms with Crippen LogP contribution in [0.15, 0.2) is 18.3 Å². The van der Waals surface area contributed by atoms with E-state index in [-0.39, 0.29) is 18.9 Å². The van der Waals surface area contributed by atoms with Crippen LogP contribution in [-0.4, -0.2) is 53.1 Å². The number of hydrogen-bond acceptors (Lipinski definition) is 5. The smallest absolute Gasteiger partial charge is 0.328 e. The highest BCUT2D eigenvalue weighted by atomic mass is 16.5. The lowest BCUT2D eigenvalue weighted by atomic mass is 10.1. The second-order valence-corrected chi connectivity index (χ2v) is 7.90. The predicted molar refractivity (Wildman–Crippen MR) is 120 cm³/mol. The quantitative estimate of drug-likeness (QED) is 0.247. The Hall–Kier alpha value is -2.84. The minimum Gasteiger partial charge on any atom is -0.481 e. The maximum Gasteiger partial charge on any atom is 0.328 e. The van der Waals surface area contributed by atoms with E-state index in [0.29, 0.717) is 6.42 Å². The lowest BCUT2D eigenvalue weighted by Crippen LogP contribution is -2.45. The summed E-state index contributed by atoms with van der Waals surface area (Å²) in [5.41, 5.74) is 1.27. The van der Waals surface area contributed by atoms with Crippen LogP contribution in [0.2, 0.25) is 0 Å². The summed E-state index contributed by atoms with van der Waals surface area (Å²) in [6, 6.07) is 3.41. The van der Waals surface area contributed by atoms with Crippen molar-refractivity contribution in [3.63, 3.8) is 0 Å². The van der Waals surface area contributed by atoms with Gasteiger partial charge in [0.05, 0.1) is 13.7 Å². The van der Waals surface area contributed by atoms with Crippen molar-refractivity contribution in [1.29, 1.82) is 0 Å². The van der Waals surface area contributed by atoms with E-state index in [1.165, 1.54) is 19.7 Å². The van der Waals surface area contributed by atoms with E-state index < -0.39 is 23.9 Å². The van der Waals surface area contributed by atoms with E-state index in [0.717, 1.165) is 57.9 Å². The number of amides is 2. The number of rotatable bonds is 17. The molecule has 0 spiro atoms. The Balaban J connectivity index is 2.32. The molecule has 0 aliphatic rings. The second-order valence-electron chi connectivity index (χ2n) is 7.90. The molecule has 0 aliphatic carbocycles. The number of carboxylic acids is 1. The van der Waals surface area contributed by atoms with E-state index in [2.05, 4.69) is 27.5 Å². The summed E-state index contributed by atoms with van der Waals surface area (Å²) in [6.45, 7) is 1.98. The third-order valence-electron chi connectivity index (χ3n) is 5.21. The topological polar surface area (TPSA) is 127 Å². The molecular weight excluding hydrogens is 414 g/mol.